The van der Waals surface area contributed by atoms with E-state index in [1.807, 2.05) is 0 Å². The molecule has 1 aromatic rings. The van der Waals surface area contributed by atoms with E-state index in [2.05, 4.69) is 0 Å². The fraction of sp³-hybridized carbons (Fsp3) is 0.519. The van der Waals surface area contributed by atoms with Crippen LogP contribution in [0.2, 0.25) is 0 Å². The molecule has 0 bridgehead atoms. The van der Waals surface area contributed by atoms with E-state index in [-0.39, 0.29) is 49.2 Å². The number of amides is 1. The van der Waals surface area contributed by atoms with Gasteiger partial charge in [0, 0.05) is 42.1 Å². The van der Waals surface area contributed by atoms with Crippen LogP contribution in [-0.4, -0.2) is 99.6 Å². The summed E-state index contributed by atoms with van der Waals surface area (Å²) >= 11 is 0. The van der Waals surface area contributed by atoms with Crippen molar-refractivity contribution in [1.29, 1.82) is 0 Å². The zero-order valence-corrected chi connectivity index (χ0v) is 22.2. The van der Waals surface area contributed by atoms with Crippen molar-refractivity contribution >= 4 is 23.2 Å². The number of benzene rings is 1. The van der Waals surface area contributed by atoms with Gasteiger partial charge in [-0.2, -0.15) is 0 Å². The predicted molar refractivity (Wildman–Crippen MR) is 136 cm³/mol. The third-order valence-electron chi connectivity index (χ3n) is 8.59. The highest BCUT2D eigenvalue weighted by molar-refractivity contribution is 6.24. The molecule has 1 amide bonds. The Balaban J connectivity index is 1.65. The van der Waals surface area contributed by atoms with E-state index >= 15 is 0 Å². The Morgan fingerprint density at radius 2 is 1.93 bits per heavy atom. The van der Waals surface area contributed by atoms with E-state index < -0.39 is 76.3 Å². The van der Waals surface area contributed by atoms with Crippen LogP contribution in [0, 0.1) is 11.8 Å². The van der Waals surface area contributed by atoms with Gasteiger partial charge < -0.3 is 30.9 Å². The highest BCUT2D eigenvalue weighted by Crippen LogP contribution is 2.54. The molecule has 1 aliphatic heterocycles. The number of rotatable bonds is 5. The summed E-state index contributed by atoms with van der Waals surface area (Å²) in [6, 6.07) is 0.0795. The van der Waals surface area contributed by atoms with Gasteiger partial charge in [0.2, 0.25) is 5.78 Å². The summed E-state index contributed by atoms with van der Waals surface area (Å²) in [4.78, 5) is 42.1. The lowest BCUT2D eigenvalue weighted by atomic mass is 9.57. The minimum atomic E-state index is -2.83. The number of phenols is 1. The van der Waals surface area contributed by atoms with Crippen LogP contribution in [0.4, 0.5) is 8.78 Å². The molecule has 0 unspecified atom stereocenters. The van der Waals surface area contributed by atoms with Gasteiger partial charge in [0.15, 0.2) is 11.4 Å². The number of ketones is 2. The van der Waals surface area contributed by atoms with Gasteiger partial charge in [-0.25, -0.2) is 8.78 Å². The minimum Gasteiger partial charge on any atom is -0.508 e. The van der Waals surface area contributed by atoms with Gasteiger partial charge in [-0.1, -0.05) is 0 Å². The van der Waals surface area contributed by atoms with Gasteiger partial charge >= 0.3 is 0 Å². The van der Waals surface area contributed by atoms with Crippen molar-refractivity contribution in [3.05, 3.63) is 39.7 Å². The summed E-state index contributed by atoms with van der Waals surface area (Å²) in [5, 5.41) is 44.8. The zero-order chi connectivity index (χ0) is 29.5. The summed E-state index contributed by atoms with van der Waals surface area (Å²) in [5.74, 6) is -10.1. The molecule has 4 aliphatic rings. The number of methoxy groups -OCH3 is 1. The number of alkyl halides is 2. The highest BCUT2D eigenvalue weighted by Gasteiger charge is 2.64. The van der Waals surface area contributed by atoms with Crippen LogP contribution >= 0.6 is 0 Å². The first kappa shape index (κ1) is 28.0. The molecule has 5 rings (SSSR count). The lowest BCUT2D eigenvalue weighted by molar-refractivity contribution is -0.153. The molecule has 1 saturated heterocycles. The van der Waals surface area contributed by atoms with Gasteiger partial charge in [-0.05, 0) is 38.9 Å². The first-order valence-corrected chi connectivity index (χ1v) is 12.8. The molecule has 1 heterocycles. The molecule has 0 spiro atoms. The van der Waals surface area contributed by atoms with Crippen LogP contribution in [0.3, 0.4) is 0 Å². The molecule has 4 atom stereocenters. The maximum Gasteiger partial charge on any atom is 0.261 e. The molecular formula is C27H31F2N3O8. The monoisotopic (exact) mass is 563 g/mol. The summed E-state index contributed by atoms with van der Waals surface area (Å²) in [6.07, 6.45) is -0.328. The number of nitrogens with two attached hydrogens (primary N) is 1. The van der Waals surface area contributed by atoms with Gasteiger partial charge in [0.05, 0.1) is 25.3 Å². The lowest BCUT2D eigenvalue weighted by Crippen LogP contribution is -2.65. The smallest absolute Gasteiger partial charge is 0.261 e. The Morgan fingerprint density at radius 1 is 1.25 bits per heavy atom. The molecule has 13 heteroatoms. The van der Waals surface area contributed by atoms with Crippen molar-refractivity contribution in [2.75, 3.05) is 34.3 Å². The van der Waals surface area contributed by atoms with Crippen LogP contribution in [0.1, 0.15) is 29.5 Å². The van der Waals surface area contributed by atoms with Gasteiger partial charge in [-0.3, -0.25) is 24.2 Å². The zero-order valence-electron chi connectivity index (χ0n) is 22.2. The number of hydrogen-bond donors (Lipinski definition) is 5. The molecule has 3 aliphatic carbocycles. The number of ether oxygens (including phenoxy) is 1. The SMILES string of the molecule is COc1c(CN2CCC(F)(F)C2)cc(O)c2c1C[C@H]1C[C@H]3[C@H](N(C)C)C(=O)C(C(N)=O)=C(O)[C@@]3(O)C(=O)C1=C2O. The number of likely N-dealkylation sites (tertiary alicyclic amines) is 1. The van der Waals surface area contributed by atoms with Crippen molar-refractivity contribution in [2.24, 2.45) is 17.6 Å². The van der Waals surface area contributed by atoms with Gasteiger partial charge in [0.25, 0.3) is 11.8 Å². The van der Waals surface area contributed by atoms with Crippen LogP contribution in [-0.2, 0) is 27.3 Å². The van der Waals surface area contributed by atoms with E-state index in [9.17, 15) is 43.6 Å². The predicted octanol–water partition coefficient (Wildman–Crippen LogP) is 0.814. The summed E-state index contributed by atoms with van der Waals surface area (Å²) < 4.78 is 33.2. The molecule has 11 nitrogen and oxygen atoms in total. The van der Waals surface area contributed by atoms with E-state index in [1.54, 1.807) is 0 Å². The van der Waals surface area contributed by atoms with Crippen LogP contribution in [0.15, 0.2) is 23.0 Å². The number of halogens is 2. The second kappa shape index (κ2) is 9.25. The largest absolute Gasteiger partial charge is 0.508 e. The third kappa shape index (κ3) is 3.90. The number of hydrogen-bond acceptors (Lipinski definition) is 10. The van der Waals surface area contributed by atoms with Gasteiger partial charge in [0.1, 0.15) is 28.6 Å². The maximum atomic E-state index is 13.9. The van der Waals surface area contributed by atoms with E-state index in [0.29, 0.717) is 11.1 Å². The van der Waals surface area contributed by atoms with Crippen LogP contribution in [0.25, 0.3) is 5.76 Å². The second-order valence-electron chi connectivity index (χ2n) is 11.2. The number of carbonyl (C=O) groups excluding carboxylic acids is 3. The second-order valence-corrected chi connectivity index (χ2v) is 11.2. The average molecular weight is 564 g/mol. The van der Waals surface area contributed by atoms with Gasteiger partial charge in [-0.15, -0.1) is 0 Å². The number of Topliss-reactive ketones (excluding diaryl/α,β-unsaturated/α-hetero) is 2. The summed E-state index contributed by atoms with van der Waals surface area (Å²) in [7, 11) is 4.40. The Kier molecular flexibility index (Phi) is 6.47. The molecular weight excluding hydrogens is 532 g/mol. The molecule has 0 radical (unpaired) electrons. The maximum absolute atomic E-state index is 13.9. The van der Waals surface area contributed by atoms with Crippen molar-refractivity contribution in [2.45, 2.75) is 43.4 Å². The molecule has 40 heavy (non-hydrogen) atoms. The van der Waals surface area contributed by atoms with E-state index in [1.165, 1.54) is 37.1 Å². The first-order valence-electron chi connectivity index (χ1n) is 12.8. The Morgan fingerprint density at radius 3 is 2.48 bits per heavy atom. The molecule has 2 fully saturated rings. The molecule has 1 saturated carbocycles. The molecule has 216 valence electrons. The summed E-state index contributed by atoms with van der Waals surface area (Å²) in [6.45, 7) is -0.259. The molecule has 6 N–H and O–H groups in total. The Bertz CT molecular complexity index is 1400. The number of aliphatic hydroxyl groups is 3. The first-order chi connectivity index (χ1) is 18.6. The minimum absolute atomic E-state index is 0.0370. The topological polar surface area (TPSA) is 174 Å². The van der Waals surface area contributed by atoms with Crippen molar-refractivity contribution in [3.63, 3.8) is 0 Å². The lowest BCUT2D eigenvalue weighted by Gasteiger charge is -2.50. The number of carbonyl (C=O) groups is 3. The third-order valence-corrected chi connectivity index (χ3v) is 8.59. The van der Waals surface area contributed by atoms with Crippen LogP contribution < -0.4 is 10.5 Å². The number of aliphatic hydroxyl groups excluding tert-OH is 2. The fourth-order valence-corrected chi connectivity index (χ4v) is 6.91. The average Bonchev–Trinajstić information content (AvgIpc) is 3.18. The highest BCUT2D eigenvalue weighted by atomic mass is 19.3. The van der Waals surface area contributed by atoms with Crippen LogP contribution in [0.5, 0.6) is 11.5 Å². The van der Waals surface area contributed by atoms with E-state index in [4.69, 9.17) is 10.5 Å². The standard InChI is InChI=1S/C27H31F2N3O8/c1-31(2)19-14-7-11-6-13-17(15(33)8-12(22(13)40-3)9-32-5-4-26(28,29)10-32)20(34)16(11)23(36)27(14,39)24(37)18(21(19)35)25(30)38/h8,11,14,19,33-34,37,39H,4-7,9-10H2,1-3H3,(H2,30,38)/t11-,14-,19-,27-/m0/s1. The number of nitrogens with zero attached hydrogens (tertiary/aromatic N) is 2. The number of fused-ring (bicyclic) bond motifs is 3. The molecule has 1 aromatic carbocycles. The van der Waals surface area contributed by atoms with Crippen molar-refractivity contribution in [3.8, 4) is 11.5 Å². The Labute approximate surface area is 228 Å². The number of phenolic OH excluding ortho intramolecular Hbond substituents is 1. The molecule has 0 aromatic heterocycles. The normalized spacial score (nSPS) is 29.9. The number of primary amides is 1. The Hall–Kier alpha value is -3.55. The van der Waals surface area contributed by atoms with Crippen molar-refractivity contribution < 1.29 is 48.3 Å². The number of likely N-dealkylation sites (N-methyl/N-ethyl adjacent to an activating group) is 1. The van der Waals surface area contributed by atoms with E-state index in [0.717, 1.165) is 0 Å². The fourth-order valence-electron chi connectivity index (χ4n) is 6.91. The quantitative estimate of drug-likeness (QED) is 0.323. The number of aromatic hydroxyl groups is 1. The van der Waals surface area contributed by atoms with Crippen molar-refractivity contribution in [1.82, 2.24) is 9.80 Å². The summed E-state index contributed by atoms with van der Waals surface area (Å²) in [5.41, 5.74) is 2.06.